The van der Waals surface area contributed by atoms with E-state index in [4.69, 9.17) is 15.0 Å². The minimum absolute atomic E-state index is 0.161. The van der Waals surface area contributed by atoms with Crippen LogP contribution in [0.5, 0.6) is 0 Å². The Labute approximate surface area is 107 Å². The quantitative estimate of drug-likeness (QED) is 0.891. The van der Waals surface area contributed by atoms with Crippen molar-refractivity contribution in [2.75, 3.05) is 13.2 Å². The van der Waals surface area contributed by atoms with Crippen molar-refractivity contribution in [2.45, 2.75) is 12.0 Å². The number of nitrogens with zero attached hydrogens (tertiary/aromatic N) is 2. The lowest BCUT2D eigenvalue weighted by atomic mass is 10.1. The summed E-state index contributed by atoms with van der Waals surface area (Å²) >= 11 is 0. The van der Waals surface area contributed by atoms with Gasteiger partial charge in [0, 0.05) is 11.6 Å². The first-order chi connectivity index (χ1) is 9.15. The number of hydrogen-bond acceptors (Lipinski definition) is 5. The number of rotatable bonds is 2. The highest BCUT2D eigenvalue weighted by Crippen LogP contribution is 2.26. The lowest BCUT2D eigenvalue weighted by Crippen LogP contribution is -2.26. The van der Waals surface area contributed by atoms with Gasteiger partial charge in [0.25, 0.3) is 0 Å². The van der Waals surface area contributed by atoms with E-state index < -0.39 is 11.6 Å². The molecule has 2 atom stereocenters. The molecule has 0 amide bonds. The highest BCUT2D eigenvalue weighted by Gasteiger charge is 2.31. The van der Waals surface area contributed by atoms with Gasteiger partial charge in [-0.2, -0.15) is 4.98 Å². The zero-order chi connectivity index (χ0) is 13.4. The van der Waals surface area contributed by atoms with E-state index >= 15 is 0 Å². The van der Waals surface area contributed by atoms with Crippen molar-refractivity contribution in [3.63, 3.8) is 0 Å². The molecule has 3 rings (SSSR count). The lowest BCUT2D eigenvalue weighted by Gasteiger charge is -2.06. The standard InChI is InChI=1S/C12H11F2N3O2/c13-8-2-1-6(3-9(8)14)11-16-12(19-17-11)7-4-18-5-10(7)15/h1-3,7,10H,4-5,15H2. The normalized spacial score (nSPS) is 22.9. The van der Waals surface area contributed by atoms with Gasteiger partial charge in [-0.1, -0.05) is 5.16 Å². The summed E-state index contributed by atoms with van der Waals surface area (Å²) in [6, 6.07) is 3.23. The van der Waals surface area contributed by atoms with E-state index in [0.717, 1.165) is 12.1 Å². The van der Waals surface area contributed by atoms with Crippen molar-refractivity contribution in [3.8, 4) is 11.4 Å². The summed E-state index contributed by atoms with van der Waals surface area (Å²) in [5.74, 6) is -1.48. The van der Waals surface area contributed by atoms with Crippen molar-refractivity contribution < 1.29 is 18.0 Å². The Morgan fingerprint density at radius 2 is 2.05 bits per heavy atom. The van der Waals surface area contributed by atoms with Gasteiger partial charge >= 0.3 is 0 Å². The molecule has 2 unspecified atom stereocenters. The summed E-state index contributed by atoms with van der Waals surface area (Å²) in [7, 11) is 0. The third-order valence-electron chi connectivity index (χ3n) is 3.06. The largest absolute Gasteiger partial charge is 0.379 e. The summed E-state index contributed by atoms with van der Waals surface area (Å²) in [6.07, 6.45) is 0. The van der Waals surface area contributed by atoms with Gasteiger partial charge < -0.3 is 15.0 Å². The summed E-state index contributed by atoms with van der Waals surface area (Å²) in [5.41, 5.74) is 6.19. The average molecular weight is 267 g/mol. The van der Waals surface area contributed by atoms with Gasteiger partial charge in [0.2, 0.25) is 11.7 Å². The molecule has 0 radical (unpaired) electrons. The Bertz CT molecular complexity index is 602. The highest BCUT2D eigenvalue weighted by atomic mass is 19.2. The number of ether oxygens (including phenoxy) is 1. The molecule has 0 aliphatic carbocycles. The summed E-state index contributed by atoms with van der Waals surface area (Å²) in [4.78, 5) is 4.16. The van der Waals surface area contributed by atoms with Crippen molar-refractivity contribution in [1.29, 1.82) is 0 Å². The monoisotopic (exact) mass is 267 g/mol. The van der Waals surface area contributed by atoms with Crippen LogP contribution in [0.4, 0.5) is 8.78 Å². The molecular formula is C12H11F2N3O2. The molecule has 0 saturated carbocycles. The van der Waals surface area contributed by atoms with Crippen molar-refractivity contribution in [2.24, 2.45) is 5.73 Å². The smallest absolute Gasteiger partial charge is 0.234 e. The Morgan fingerprint density at radius 1 is 1.21 bits per heavy atom. The van der Waals surface area contributed by atoms with E-state index in [2.05, 4.69) is 10.1 Å². The number of halogens is 2. The molecule has 2 aromatic rings. The molecule has 5 nitrogen and oxygen atoms in total. The van der Waals surface area contributed by atoms with Crippen molar-refractivity contribution in [1.82, 2.24) is 10.1 Å². The first-order valence-electron chi connectivity index (χ1n) is 5.77. The predicted molar refractivity (Wildman–Crippen MR) is 61.2 cm³/mol. The van der Waals surface area contributed by atoms with Gasteiger partial charge in [-0.05, 0) is 18.2 Å². The van der Waals surface area contributed by atoms with E-state index in [1.54, 1.807) is 0 Å². The fourth-order valence-corrected chi connectivity index (χ4v) is 1.96. The minimum atomic E-state index is -0.954. The maximum absolute atomic E-state index is 13.1. The van der Waals surface area contributed by atoms with Gasteiger partial charge in [0.15, 0.2) is 11.6 Å². The first kappa shape index (κ1) is 12.2. The molecule has 0 bridgehead atoms. The van der Waals surface area contributed by atoms with E-state index in [9.17, 15) is 8.78 Å². The highest BCUT2D eigenvalue weighted by molar-refractivity contribution is 5.54. The Balaban J connectivity index is 1.90. The minimum Gasteiger partial charge on any atom is -0.379 e. The topological polar surface area (TPSA) is 74.2 Å². The van der Waals surface area contributed by atoms with Crippen LogP contribution in [0.25, 0.3) is 11.4 Å². The predicted octanol–water partition coefficient (Wildman–Crippen LogP) is 1.46. The molecule has 2 heterocycles. The SMILES string of the molecule is NC1COCC1c1nc(-c2ccc(F)c(F)c2)no1. The van der Waals surface area contributed by atoms with Crippen LogP contribution in [0.1, 0.15) is 11.8 Å². The molecular weight excluding hydrogens is 256 g/mol. The second-order valence-electron chi connectivity index (χ2n) is 4.39. The van der Waals surface area contributed by atoms with E-state index in [0.29, 0.717) is 24.7 Å². The molecule has 100 valence electrons. The van der Waals surface area contributed by atoms with E-state index in [1.807, 2.05) is 0 Å². The molecule has 1 aliphatic heterocycles. The fourth-order valence-electron chi connectivity index (χ4n) is 1.96. The van der Waals surface area contributed by atoms with Gasteiger partial charge in [0.1, 0.15) is 0 Å². The maximum atomic E-state index is 13.1. The Kier molecular flexibility index (Phi) is 3.00. The second kappa shape index (κ2) is 4.67. The van der Waals surface area contributed by atoms with Crippen molar-refractivity contribution >= 4 is 0 Å². The number of nitrogens with two attached hydrogens (primary N) is 1. The molecule has 1 aromatic heterocycles. The van der Waals surface area contributed by atoms with E-state index in [-0.39, 0.29) is 17.8 Å². The number of aromatic nitrogens is 2. The zero-order valence-corrected chi connectivity index (χ0v) is 9.85. The van der Waals surface area contributed by atoms with Crippen LogP contribution in [-0.4, -0.2) is 29.4 Å². The summed E-state index contributed by atoms with van der Waals surface area (Å²) in [6.45, 7) is 0.855. The van der Waals surface area contributed by atoms with Crippen LogP contribution in [0.3, 0.4) is 0 Å². The average Bonchev–Trinajstić information content (AvgIpc) is 3.01. The molecule has 19 heavy (non-hydrogen) atoms. The third kappa shape index (κ3) is 2.22. The van der Waals surface area contributed by atoms with Crippen LogP contribution in [0, 0.1) is 11.6 Å². The maximum Gasteiger partial charge on any atom is 0.234 e. The molecule has 1 aromatic carbocycles. The van der Waals surface area contributed by atoms with Crippen LogP contribution in [0.2, 0.25) is 0 Å². The van der Waals surface area contributed by atoms with Crippen LogP contribution in [-0.2, 0) is 4.74 Å². The fraction of sp³-hybridized carbons (Fsp3) is 0.333. The summed E-state index contributed by atoms with van der Waals surface area (Å²) in [5, 5.41) is 3.75. The molecule has 7 heteroatoms. The van der Waals surface area contributed by atoms with Crippen LogP contribution < -0.4 is 5.73 Å². The van der Waals surface area contributed by atoms with Gasteiger partial charge in [-0.25, -0.2) is 8.78 Å². The Morgan fingerprint density at radius 3 is 2.74 bits per heavy atom. The van der Waals surface area contributed by atoms with Crippen molar-refractivity contribution in [3.05, 3.63) is 35.7 Å². The Hall–Kier alpha value is -1.86. The number of benzene rings is 1. The molecule has 2 N–H and O–H groups in total. The van der Waals surface area contributed by atoms with Gasteiger partial charge in [-0.3, -0.25) is 0 Å². The summed E-state index contributed by atoms with van der Waals surface area (Å²) < 4.78 is 36.3. The number of hydrogen-bond donors (Lipinski definition) is 1. The van der Waals surface area contributed by atoms with E-state index in [1.165, 1.54) is 6.07 Å². The lowest BCUT2D eigenvalue weighted by molar-refractivity contribution is 0.187. The molecule has 1 saturated heterocycles. The first-order valence-corrected chi connectivity index (χ1v) is 5.77. The van der Waals surface area contributed by atoms with Gasteiger partial charge in [-0.15, -0.1) is 0 Å². The van der Waals surface area contributed by atoms with Crippen LogP contribution >= 0.6 is 0 Å². The van der Waals surface area contributed by atoms with Gasteiger partial charge in [0.05, 0.1) is 19.1 Å². The molecule has 1 fully saturated rings. The molecule has 0 spiro atoms. The third-order valence-corrected chi connectivity index (χ3v) is 3.06. The van der Waals surface area contributed by atoms with Crippen LogP contribution in [0.15, 0.2) is 22.7 Å². The second-order valence-corrected chi connectivity index (χ2v) is 4.39. The molecule has 1 aliphatic rings. The zero-order valence-electron chi connectivity index (χ0n) is 9.85.